The van der Waals surface area contributed by atoms with Gasteiger partial charge in [-0.1, -0.05) is 11.6 Å². The first-order chi connectivity index (χ1) is 13.1. The number of nitrogens with two attached hydrogens (primary N) is 1. The molecule has 1 amide bonds. The number of hydrogen-bond donors (Lipinski definition) is 2. The van der Waals surface area contributed by atoms with Gasteiger partial charge in [0.25, 0.3) is 5.91 Å². The Morgan fingerprint density at radius 1 is 1.14 bits per heavy atom. The fourth-order valence-electron chi connectivity index (χ4n) is 1.96. The first-order valence-corrected chi connectivity index (χ1v) is 9.33. The summed E-state index contributed by atoms with van der Waals surface area (Å²) in [5.74, 6) is -1.84. The molecule has 8 nitrogen and oxygen atoms in total. The summed E-state index contributed by atoms with van der Waals surface area (Å²) in [6, 6.07) is 8.21. The van der Waals surface area contributed by atoms with Gasteiger partial charge in [0.15, 0.2) is 6.61 Å². The van der Waals surface area contributed by atoms with E-state index in [2.05, 4.69) is 10.1 Å². The molecule has 3 N–H and O–H groups in total. The minimum atomic E-state index is -3.90. The maximum absolute atomic E-state index is 12.2. The number of ether oxygens (including phenoxy) is 2. The lowest BCUT2D eigenvalue weighted by Gasteiger charge is -2.10. The van der Waals surface area contributed by atoms with Crippen LogP contribution < -0.4 is 15.2 Å². The van der Waals surface area contributed by atoms with Crippen LogP contribution in [-0.2, 0) is 19.6 Å². The van der Waals surface area contributed by atoms with Gasteiger partial charge in [0.05, 0.1) is 15.5 Å². The van der Waals surface area contributed by atoms with Crippen LogP contribution >= 0.6 is 11.6 Å². The topological polar surface area (TPSA) is 125 Å². The average molecular weight is 435 g/mol. The van der Waals surface area contributed by atoms with Crippen LogP contribution in [0, 0.1) is 0 Å². The SMILES string of the molecule is NS(=O)(=O)c1ccc(C(=O)OCC(=O)Nc2ccc(OC(F)F)c(Cl)c2)cc1. The molecule has 0 aliphatic carbocycles. The molecule has 2 aromatic rings. The normalized spacial score (nSPS) is 11.2. The number of carbonyl (C=O) groups is 2. The smallest absolute Gasteiger partial charge is 0.387 e. The second-order valence-corrected chi connectivity index (χ2v) is 7.19. The molecule has 0 heterocycles. The molecule has 150 valence electrons. The Morgan fingerprint density at radius 3 is 2.32 bits per heavy atom. The van der Waals surface area contributed by atoms with Gasteiger partial charge in [-0.05, 0) is 42.5 Å². The summed E-state index contributed by atoms with van der Waals surface area (Å²) in [6.07, 6.45) is 0. The van der Waals surface area contributed by atoms with Crippen LogP contribution in [0.15, 0.2) is 47.4 Å². The van der Waals surface area contributed by atoms with Gasteiger partial charge in [-0.15, -0.1) is 0 Å². The highest BCUT2D eigenvalue weighted by Gasteiger charge is 2.14. The Balaban J connectivity index is 1.91. The highest BCUT2D eigenvalue weighted by atomic mass is 35.5. The van der Waals surface area contributed by atoms with E-state index in [9.17, 15) is 26.8 Å². The number of rotatable bonds is 7. The van der Waals surface area contributed by atoms with Gasteiger partial charge in [-0.3, -0.25) is 4.79 Å². The molecule has 0 unspecified atom stereocenters. The fourth-order valence-corrected chi connectivity index (χ4v) is 2.70. The summed E-state index contributed by atoms with van der Waals surface area (Å²) in [6.45, 7) is -3.70. The summed E-state index contributed by atoms with van der Waals surface area (Å²) in [5.41, 5.74) is 0.182. The van der Waals surface area contributed by atoms with Crippen LogP contribution in [0.25, 0.3) is 0 Å². The standard InChI is InChI=1S/C16H13ClF2N2O6S/c17-12-7-10(3-6-13(12)27-16(18)19)21-14(22)8-26-15(23)9-1-4-11(5-2-9)28(20,24)25/h1-7,16H,8H2,(H,21,22)(H2,20,24,25). The van der Waals surface area contributed by atoms with Crippen molar-refractivity contribution in [3.8, 4) is 5.75 Å². The summed E-state index contributed by atoms with van der Waals surface area (Å²) < 4.78 is 55.6. The Morgan fingerprint density at radius 2 is 1.79 bits per heavy atom. The molecule has 2 aromatic carbocycles. The largest absolute Gasteiger partial charge is 0.452 e. The molecule has 0 saturated carbocycles. The number of primary sulfonamides is 1. The van der Waals surface area contributed by atoms with Gasteiger partial charge < -0.3 is 14.8 Å². The molecule has 0 spiro atoms. The predicted octanol–water partition coefficient (Wildman–Crippen LogP) is 2.38. The Hall–Kier alpha value is -2.76. The summed E-state index contributed by atoms with van der Waals surface area (Å²) in [4.78, 5) is 23.5. The van der Waals surface area contributed by atoms with Crippen molar-refractivity contribution in [1.82, 2.24) is 0 Å². The molecular formula is C16H13ClF2N2O6S. The summed E-state index contributed by atoms with van der Waals surface area (Å²) in [5, 5.41) is 7.16. The van der Waals surface area contributed by atoms with Crippen LogP contribution in [0.4, 0.5) is 14.5 Å². The Labute approximate surface area is 163 Å². The number of alkyl halides is 2. The van der Waals surface area contributed by atoms with E-state index in [0.29, 0.717) is 0 Å². The van der Waals surface area contributed by atoms with Crippen molar-refractivity contribution in [3.05, 3.63) is 53.1 Å². The van der Waals surface area contributed by atoms with Gasteiger partial charge >= 0.3 is 12.6 Å². The van der Waals surface area contributed by atoms with Crippen molar-refractivity contribution in [1.29, 1.82) is 0 Å². The highest BCUT2D eigenvalue weighted by Crippen LogP contribution is 2.28. The number of nitrogens with one attached hydrogen (secondary N) is 1. The lowest BCUT2D eigenvalue weighted by molar-refractivity contribution is -0.119. The third kappa shape index (κ3) is 6.15. The molecular weight excluding hydrogens is 422 g/mol. The molecule has 0 bridgehead atoms. The van der Waals surface area contributed by atoms with E-state index >= 15 is 0 Å². The molecule has 0 atom stereocenters. The molecule has 28 heavy (non-hydrogen) atoms. The van der Waals surface area contributed by atoms with Crippen molar-refractivity contribution in [2.24, 2.45) is 5.14 Å². The van der Waals surface area contributed by atoms with Crippen LogP contribution in [0.1, 0.15) is 10.4 Å². The number of hydrogen-bond acceptors (Lipinski definition) is 6. The van der Waals surface area contributed by atoms with Crippen molar-refractivity contribution < 1.29 is 36.3 Å². The third-order valence-corrected chi connectivity index (χ3v) is 4.41. The second-order valence-electron chi connectivity index (χ2n) is 5.22. The Bertz CT molecular complexity index is 983. The predicted molar refractivity (Wildman–Crippen MR) is 94.8 cm³/mol. The minimum Gasteiger partial charge on any atom is -0.452 e. The second kappa shape index (κ2) is 8.95. The van der Waals surface area contributed by atoms with Crippen molar-refractivity contribution in [3.63, 3.8) is 0 Å². The van der Waals surface area contributed by atoms with Crippen molar-refractivity contribution in [2.45, 2.75) is 11.5 Å². The third-order valence-electron chi connectivity index (χ3n) is 3.18. The molecule has 0 fully saturated rings. The maximum Gasteiger partial charge on any atom is 0.387 e. The number of sulfonamides is 1. The first-order valence-electron chi connectivity index (χ1n) is 7.40. The van der Waals surface area contributed by atoms with Crippen LogP contribution in [0.5, 0.6) is 5.75 Å². The van der Waals surface area contributed by atoms with Gasteiger partial charge in [0, 0.05) is 5.69 Å². The monoisotopic (exact) mass is 434 g/mol. The highest BCUT2D eigenvalue weighted by molar-refractivity contribution is 7.89. The first kappa shape index (κ1) is 21.5. The molecule has 0 radical (unpaired) electrons. The number of esters is 1. The van der Waals surface area contributed by atoms with E-state index < -0.39 is 35.1 Å². The quantitative estimate of drug-likeness (QED) is 0.644. The number of benzene rings is 2. The molecule has 0 aliphatic heterocycles. The zero-order valence-corrected chi connectivity index (χ0v) is 15.5. The zero-order chi connectivity index (χ0) is 20.9. The number of anilines is 1. The van der Waals surface area contributed by atoms with Crippen LogP contribution in [0.3, 0.4) is 0 Å². The van der Waals surface area contributed by atoms with Gasteiger partial charge in [-0.2, -0.15) is 8.78 Å². The van der Waals surface area contributed by atoms with Crippen LogP contribution in [0.2, 0.25) is 5.02 Å². The van der Waals surface area contributed by atoms with Gasteiger partial charge in [0.2, 0.25) is 10.0 Å². The minimum absolute atomic E-state index is 0.0109. The van der Waals surface area contributed by atoms with E-state index in [1.165, 1.54) is 24.3 Å². The van der Waals surface area contributed by atoms with Crippen LogP contribution in [-0.4, -0.2) is 33.5 Å². The summed E-state index contributed by atoms with van der Waals surface area (Å²) >= 11 is 5.76. The molecule has 0 aliphatic rings. The van der Waals surface area contributed by atoms with E-state index in [0.717, 1.165) is 18.2 Å². The molecule has 0 aromatic heterocycles. The average Bonchev–Trinajstić information content (AvgIpc) is 2.61. The fraction of sp³-hybridized carbons (Fsp3) is 0.125. The van der Waals surface area contributed by atoms with E-state index in [4.69, 9.17) is 21.5 Å². The number of carbonyl (C=O) groups excluding carboxylic acids is 2. The number of amides is 1. The van der Waals surface area contributed by atoms with Crippen molar-refractivity contribution in [2.75, 3.05) is 11.9 Å². The Kier molecular flexibility index (Phi) is 6.89. The molecule has 12 heteroatoms. The van der Waals surface area contributed by atoms with Crippen molar-refractivity contribution >= 4 is 39.2 Å². The van der Waals surface area contributed by atoms with E-state index in [1.54, 1.807) is 0 Å². The van der Waals surface area contributed by atoms with Gasteiger partial charge in [-0.25, -0.2) is 18.4 Å². The zero-order valence-electron chi connectivity index (χ0n) is 13.9. The molecule has 2 rings (SSSR count). The summed E-state index contributed by atoms with van der Waals surface area (Å²) in [7, 11) is -3.90. The maximum atomic E-state index is 12.2. The molecule has 0 saturated heterocycles. The number of halogens is 3. The lowest BCUT2D eigenvalue weighted by Crippen LogP contribution is -2.21. The van der Waals surface area contributed by atoms with E-state index in [-0.39, 0.29) is 26.9 Å². The van der Waals surface area contributed by atoms with Gasteiger partial charge in [0.1, 0.15) is 5.75 Å². The lowest BCUT2D eigenvalue weighted by atomic mass is 10.2. The van der Waals surface area contributed by atoms with E-state index in [1.807, 2.05) is 0 Å².